The van der Waals surface area contributed by atoms with Crippen molar-refractivity contribution in [3.63, 3.8) is 0 Å². The Bertz CT molecular complexity index is 746. The quantitative estimate of drug-likeness (QED) is 0.828. The third kappa shape index (κ3) is 2.70. The number of halogens is 1. The van der Waals surface area contributed by atoms with E-state index in [2.05, 4.69) is 36.0 Å². The minimum atomic E-state index is -0.253. The summed E-state index contributed by atoms with van der Waals surface area (Å²) in [5, 5.41) is 0. The molecular formula is C20H23FN2O. The summed E-state index contributed by atoms with van der Waals surface area (Å²) in [5.41, 5.74) is 2.24. The van der Waals surface area contributed by atoms with Gasteiger partial charge < -0.3 is 9.64 Å². The number of rotatable bonds is 2. The minimum Gasteiger partial charge on any atom is -0.457 e. The molecule has 2 heterocycles. The van der Waals surface area contributed by atoms with Crippen molar-refractivity contribution < 1.29 is 9.13 Å². The Morgan fingerprint density at radius 3 is 2.71 bits per heavy atom. The van der Waals surface area contributed by atoms with Crippen molar-refractivity contribution >= 4 is 0 Å². The summed E-state index contributed by atoms with van der Waals surface area (Å²) in [7, 11) is 4.30. The van der Waals surface area contributed by atoms with E-state index in [1.807, 2.05) is 18.2 Å². The highest BCUT2D eigenvalue weighted by atomic mass is 19.1. The first-order valence-electron chi connectivity index (χ1n) is 8.60. The summed E-state index contributed by atoms with van der Waals surface area (Å²) in [6, 6.07) is 13.7. The van der Waals surface area contributed by atoms with Crippen LogP contribution in [0.5, 0.6) is 11.5 Å². The first kappa shape index (κ1) is 15.6. The average molecular weight is 326 g/mol. The van der Waals surface area contributed by atoms with Crippen molar-refractivity contribution in [3.8, 4) is 11.5 Å². The Labute approximate surface area is 142 Å². The predicted octanol–water partition coefficient (Wildman–Crippen LogP) is 4.05. The molecule has 0 aromatic heterocycles. The number of benzene rings is 2. The molecule has 126 valence electrons. The maximum absolute atomic E-state index is 13.7. The standard InChI is InChI=1S/C20H23FN2O/c1-22(2)15-6-5-11-23(13-15)20-16-7-3-4-8-18(16)24-19-12-14(21)9-10-17(19)20/h3-4,7-10,12,15,20H,5-6,11,13H2,1-2H3. The number of ether oxygens (including phenoxy) is 1. The number of hydrogen-bond donors (Lipinski definition) is 0. The Morgan fingerprint density at radius 2 is 1.88 bits per heavy atom. The number of hydrogen-bond acceptors (Lipinski definition) is 3. The highest BCUT2D eigenvalue weighted by Gasteiger charge is 2.34. The zero-order chi connectivity index (χ0) is 16.7. The maximum atomic E-state index is 13.7. The minimum absolute atomic E-state index is 0.133. The van der Waals surface area contributed by atoms with Gasteiger partial charge in [0.25, 0.3) is 0 Å². The van der Waals surface area contributed by atoms with Crippen LogP contribution < -0.4 is 4.74 Å². The number of para-hydroxylation sites is 1. The fraction of sp³-hybridized carbons (Fsp3) is 0.400. The van der Waals surface area contributed by atoms with Crippen molar-refractivity contribution in [2.75, 3.05) is 27.2 Å². The van der Waals surface area contributed by atoms with Crippen molar-refractivity contribution in [2.24, 2.45) is 0 Å². The summed E-state index contributed by atoms with van der Waals surface area (Å²) in [4.78, 5) is 4.83. The van der Waals surface area contributed by atoms with Gasteiger partial charge in [0.2, 0.25) is 0 Å². The van der Waals surface area contributed by atoms with Gasteiger partial charge in [0.05, 0.1) is 6.04 Å². The van der Waals surface area contributed by atoms with Gasteiger partial charge in [-0.1, -0.05) is 24.3 Å². The monoisotopic (exact) mass is 326 g/mol. The average Bonchev–Trinajstić information content (AvgIpc) is 2.59. The van der Waals surface area contributed by atoms with Gasteiger partial charge in [-0.15, -0.1) is 0 Å². The second-order valence-electron chi connectivity index (χ2n) is 6.98. The van der Waals surface area contributed by atoms with E-state index < -0.39 is 0 Å². The van der Waals surface area contributed by atoms with Crippen LogP contribution >= 0.6 is 0 Å². The number of piperidine rings is 1. The van der Waals surface area contributed by atoms with E-state index >= 15 is 0 Å². The van der Waals surface area contributed by atoms with Gasteiger partial charge in [-0.25, -0.2) is 4.39 Å². The molecule has 1 saturated heterocycles. The first-order valence-corrected chi connectivity index (χ1v) is 8.60. The predicted molar refractivity (Wildman–Crippen MR) is 93.0 cm³/mol. The van der Waals surface area contributed by atoms with Gasteiger partial charge in [0.1, 0.15) is 17.3 Å². The van der Waals surface area contributed by atoms with Crippen molar-refractivity contribution in [1.29, 1.82) is 0 Å². The SMILES string of the molecule is CN(C)C1CCCN(C2c3ccccc3Oc3cc(F)ccc32)C1. The Hall–Kier alpha value is -1.91. The molecule has 0 saturated carbocycles. The van der Waals surface area contributed by atoms with Crippen LogP contribution in [-0.4, -0.2) is 43.0 Å². The van der Waals surface area contributed by atoms with Crippen LogP contribution in [0.2, 0.25) is 0 Å². The number of nitrogens with zero attached hydrogens (tertiary/aromatic N) is 2. The van der Waals surface area contributed by atoms with Gasteiger partial charge in [0.15, 0.2) is 0 Å². The summed E-state index contributed by atoms with van der Waals surface area (Å²) in [6.07, 6.45) is 2.41. The summed E-state index contributed by atoms with van der Waals surface area (Å²) < 4.78 is 19.7. The molecule has 0 aliphatic carbocycles. The lowest BCUT2D eigenvalue weighted by Crippen LogP contribution is -2.47. The van der Waals surface area contributed by atoms with Crippen LogP contribution in [0.4, 0.5) is 4.39 Å². The van der Waals surface area contributed by atoms with Crippen LogP contribution in [0.1, 0.15) is 30.0 Å². The fourth-order valence-corrected chi connectivity index (χ4v) is 3.94. The van der Waals surface area contributed by atoms with Crippen molar-refractivity contribution in [3.05, 3.63) is 59.4 Å². The molecule has 2 unspecified atom stereocenters. The van der Waals surface area contributed by atoms with Crippen LogP contribution in [0.25, 0.3) is 0 Å². The Morgan fingerprint density at radius 1 is 1.08 bits per heavy atom. The molecule has 3 nitrogen and oxygen atoms in total. The van der Waals surface area contributed by atoms with Gasteiger partial charge in [0, 0.05) is 29.8 Å². The molecule has 0 amide bonds. The summed E-state index contributed by atoms with van der Waals surface area (Å²) in [5.74, 6) is 1.23. The lowest BCUT2D eigenvalue weighted by atomic mass is 9.90. The highest BCUT2D eigenvalue weighted by molar-refractivity contribution is 5.53. The van der Waals surface area contributed by atoms with Gasteiger partial charge in [-0.3, -0.25) is 4.90 Å². The van der Waals surface area contributed by atoms with Crippen LogP contribution in [0.15, 0.2) is 42.5 Å². The molecule has 0 spiro atoms. The topological polar surface area (TPSA) is 15.7 Å². The molecule has 4 rings (SSSR count). The van der Waals surface area contributed by atoms with E-state index in [0.717, 1.165) is 24.4 Å². The normalized spacial score (nSPS) is 23.5. The maximum Gasteiger partial charge on any atom is 0.135 e. The number of fused-ring (bicyclic) bond motifs is 2. The van der Waals surface area contributed by atoms with Crippen LogP contribution in [0, 0.1) is 5.82 Å². The summed E-state index contributed by atoms with van der Waals surface area (Å²) >= 11 is 0. The van der Waals surface area contributed by atoms with E-state index in [4.69, 9.17) is 4.74 Å². The second-order valence-corrected chi connectivity index (χ2v) is 6.98. The van der Waals surface area contributed by atoms with Gasteiger partial charge in [-0.2, -0.15) is 0 Å². The Balaban J connectivity index is 1.77. The second kappa shape index (κ2) is 6.19. The molecule has 0 N–H and O–H groups in total. The molecule has 2 aromatic carbocycles. The third-order valence-corrected chi connectivity index (χ3v) is 5.23. The van der Waals surface area contributed by atoms with E-state index in [1.54, 1.807) is 0 Å². The molecule has 24 heavy (non-hydrogen) atoms. The van der Waals surface area contributed by atoms with Crippen molar-refractivity contribution in [2.45, 2.75) is 24.9 Å². The summed E-state index contributed by atoms with van der Waals surface area (Å²) in [6.45, 7) is 2.07. The zero-order valence-corrected chi connectivity index (χ0v) is 14.2. The van der Waals surface area contributed by atoms with E-state index in [0.29, 0.717) is 11.8 Å². The molecule has 0 radical (unpaired) electrons. The largest absolute Gasteiger partial charge is 0.457 e. The molecule has 2 atom stereocenters. The van der Waals surface area contributed by atoms with E-state index in [1.165, 1.54) is 30.5 Å². The highest BCUT2D eigenvalue weighted by Crippen LogP contribution is 2.46. The van der Waals surface area contributed by atoms with E-state index in [-0.39, 0.29) is 11.9 Å². The van der Waals surface area contributed by atoms with Crippen LogP contribution in [0.3, 0.4) is 0 Å². The van der Waals surface area contributed by atoms with Gasteiger partial charge >= 0.3 is 0 Å². The zero-order valence-electron chi connectivity index (χ0n) is 14.2. The molecule has 2 aliphatic rings. The Kier molecular flexibility index (Phi) is 4.02. The fourth-order valence-electron chi connectivity index (χ4n) is 3.94. The molecule has 2 aliphatic heterocycles. The third-order valence-electron chi connectivity index (χ3n) is 5.23. The molecule has 2 aromatic rings. The molecular weight excluding hydrogens is 303 g/mol. The number of likely N-dealkylation sites (N-methyl/N-ethyl adjacent to an activating group) is 1. The van der Waals surface area contributed by atoms with Crippen molar-refractivity contribution in [1.82, 2.24) is 9.80 Å². The number of likely N-dealkylation sites (tertiary alicyclic amines) is 1. The first-order chi connectivity index (χ1) is 11.6. The molecule has 1 fully saturated rings. The molecule has 4 heteroatoms. The van der Waals surface area contributed by atoms with E-state index in [9.17, 15) is 4.39 Å². The van der Waals surface area contributed by atoms with Gasteiger partial charge in [-0.05, 0) is 45.6 Å². The van der Waals surface area contributed by atoms with Crippen LogP contribution in [-0.2, 0) is 0 Å². The lowest BCUT2D eigenvalue weighted by molar-refractivity contribution is 0.106. The lowest BCUT2D eigenvalue weighted by Gasteiger charge is -2.42. The smallest absolute Gasteiger partial charge is 0.135 e. The molecule has 0 bridgehead atoms.